The van der Waals surface area contributed by atoms with Crippen molar-refractivity contribution in [3.05, 3.63) is 0 Å². The fraction of sp³-hybridized carbons (Fsp3) is 0.923. The van der Waals surface area contributed by atoms with Crippen LogP contribution < -0.4 is 5.32 Å². The average molecular weight is 227 g/mol. The first-order valence-corrected chi connectivity index (χ1v) is 6.50. The predicted molar refractivity (Wildman–Crippen MR) is 65.3 cm³/mol. The molecule has 1 unspecified atom stereocenters. The van der Waals surface area contributed by atoms with Crippen molar-refractivity contribution in [2.24, 2.45) is 5.92 Å². The molecule has 1 atom stereocenters. The number of nitrogens with one attached hydrogen (secondary N) is 1. The Balaban J connectivity index is 2.45. The van der Waals surface area contributed by atoms with Crippen LogP contribution in [0.5, 0.6) is 0 Å². The molecular weight excluding hydrogens is 202 g/mol. The van der Waals surface area contributed by atoms with Crippen LogP contribution in [0.25, 0.3) is 0 Å². The van der Waals surface area contributed by atoms with E-state index in [1.54, 1.807) is 0 Å². The Morgan fingerprint density at radius 1 is 1.44 bits per heavy atom. The fourth-order valence-corrected chi connectivity index (χ4v) is 2.50. The lowest BCUT2D eigenvalue weighted by Gasteiger charge is -2.37. The van der Waals surface area contributed by atoms with Crippen LogP contribution >= 0.6 is 0 Å². The van der Waals surface area contributed by atoms with Crippen LogP contribution in [-0.4, -0.2) is 24.7 Å². The van der Waals surface area contributed by atoms with Crippen molar-refractivity contribution in [2.75, 3.05) is 13.2 Å². The molecule has 16 heavy (non-hydrogen) atoms. The summed E-state index contributed by atoms with van der Waals surface area (Å²) >= 11 is 0. The Labute approximate surface area is 98.9 Å². The van der Waals surface area contributed by atoms with E-state index >= 15 is 0 Å². The molecular formula is C13H25NO2. The van der Waals surface area contributed by atoms with Crippen molar-refractivity contribution >= 4 is 5.97 Å². The van der Waals surface area contributed by atoms with E-state index in [1.807, 2.05) is 6.92 Å². The molecule has 0 aromatic rings. The Morgan fingerprint density at radius 3 is 2.56 bits per heavy atom. The fourth-order valence-electron chi connectivity index (χ4n) is 2.50. The van der Waals surface area contributed by atoms with E-state index in [-0.39, 0.29) is 11.5 Å². The zero-order valence-corrected chi connectivity index (χ0v) is 10.8. The third-order valence-corrected chi connectivity index (χ3v) is 3.41. The maximum Gasteiger partial charge on any atom is 0.307 e. The highest BCUT2D eigenvalue weighted by atomic mass is 16.5. The minimum atomic E-state index is -0.0785. The van der Waals surface area contributed by atoms with Crippen LogP contribution in [0, 0.1) is 5.92 Å². The molecule has 0 bridgehead atoms. The number of esters is 1. The molecule has 0 amide bonds. The van der Waals surface area contributed by atoms with Crippen molar-refractivity contribution in [1.29, 1.82) is 0 Å². The smallest absolute Gasteiger partial charge is 0.307 e. The summed E-state index contributed by atoms with van der Waals surface area (Å²) in [6, 6.07) is 0. The summed E-state index contributed by atoms with van der Waals surface area (Å²) in [6.45, 7) is 7.47. The summed E-state index contributed by atoms with van der Waals surface area (Å²) in [4.78, 5) is 11.6. The lowest BCUT2D eigenvalue weighted by molar-refractivity contribution is -0.145. The van der Waals surface area contributed by atoms with Gasteiger partial charge < -0.3 is 10.1 Å². The standard InChI is InChI=1S/C13H25NO2/c1-4-14-13(3,9-11-7-6-8-11)10-12(15)16-5-2/h11,14H,4-10H2,1-3H3. The molecule has 0 aromatic carbocycles. The van der Waals surface area contributed by atoms with Crippen molar-refractivity contribution in [3.8, 4) is 0 Å². The third-order valence-electron chi connectivity index (χ3n) is 3.41. The first-order valence-electron chi connectivity index (χ1n) is 6.50. The maximum absolute atomic E-state index is 11.6. The molecule has 94 valence electrons. The van der Waals surface area contributed by atoms with Gasteiger partial charge in [-0.1, -0.05) is 26.2 Å². The number of hydrogen-bond donors (Lipinski definition) is 1. The number of carbonyl (C=O) groups excluding carboxylic acids is 1. The van der Waals surface area contributed by atoms with Gasteiger partial charge in [-0.2, -0.15) is 0 Å². The van der Waals surface area contributed by atoms with E-state index in [9.17, 15) is 4.79 Å². The second-order valence-electron chi connectivity index (χ2n) is 5.07. The summed E-state index contributed by atoms with van der Waals surface area (Å²) in [5, 5.41) is 3.45. The largest absolute Gasteiger partial charge is 0.466 e. The van der Waals surface area contributed by atoms with Gasteiger partial charge in [-0.05, 0) is 32.7 Å². The molecule has 1 aliphatic carbocycles. The second-order valence-corrected chi connectivity index (χ2v) is 5.07. The summed E-state index contributed by atoms with van der Waals surface area (Å²) in [5.74, 6) is 0.726. The van der Waals surface area contributed by atoms with E-state index in [4.69, 9.17) is 4.74 Å². The maximum atomic E-state index is 11.6. The molecule has 1 fully saturated rings. The lowest BCUT2D eigenvalue weighted by atomic mass is 9.75. The summed E-state index contributed by atoms with van der Waals surface area (Å²) in [7, 11) is 0. The topological polar surface area (TPSA) is 38.3 Å². The zero-order valence-electron chi connectivity index (χ0n) is 10.8. The normalized spacial score (nSPS) is 19.9. The molecule has 1 aliphatic rings. The van der Waals surface area contributed by atoms with Gasteiger partial charge in [0.05, 0.1) is 13.0 Å². The van der Waals surface area contributed by atoms with Gasteiger partial charge in [0, 0.05) is 5.54 Å². The molecule has 1 rings (SSSR count). The Bertz CT molecular complexity index is 226. The highest BCUT2D eigenvalue weighted by Gasteiger charge is 2.32. The highest BCUT2D eigenvalue weighted by Crippen LogP contribution is 2.34. The summed E-state index contributed by atoms with van der Waals surface area (Å²) < 4.78 is 5.04. The minimum absolute atomic E-state index is 0.0773. The van der Waals surface area contributed by atoms with Crippen LogP contribution in [-0.2, 0) is 9.53 Å². The number of hydrogen-bond acceptors (Lipinski definition) is 3. The number of ether oxygens (including phenoxy) is 1. The Hall–Kier alpha value is -0.570. The van der Waals surface area contributed by atoms with Gasteiger partial charge in [-0.25, -0.2) is 0 Å². The minimum Gasteiger partial charge on any atom is -0.466 e. The van der Waals surface area contributed by atoms with Crippen molar-refractivity contribution in [2.45, 2.75) is 58.4 Å². The SMILES string of the molecule is CCNC(C)(CC(=O)OCC)CC1CCC1. The first kappa shape index (κ1) is 13.5. The Morgan fingerprint density at radius 2 is 2.12 bits per heavy atom. The lowest BCUT2D eigenvalue weighted by Crippen LogP contribution is -2.46. The highest BCUT2D eigenvalue weighted by molar-refractivity contribution is 5.70. The van der Waals surface area contributed by atoms with Crippen LogP contribution in [0.4, 0.5) is 0 Å². The monoisotopic (exact) mass is 227 g/mol. The van der Waals surface area contributed by atoms with E-state index in [2.05, 4.69) is 19.2 Å². The second kappa shape index (κ2) is 6.24. The van der Waals surface area contributed by atoms with E-state index in [1.165, 1.54) is 19.3 Å². The van der Waals surface area contributed by atoms with Gasteiger partial charge in [0.25, 0.3) is 0 Å². The van der Waals surface area contributed by atoms with Crippen molar-refractivity contribution < 1.29 is 9.53 Å². The van der Waals surface area contributed by atoms with Crippen LogP contribution in [0.2, 0.25) is 0 Å². The van der Waals surface area contributed by atoms with Crippen LogP contribution in [0.1, 0.15) is 52.9 Å². The van der Waals surface area contributed by atoms with Crippen LogP contribution in [0.3, 0.4) is 0 Å². The average Bonchev–Trinajstić information content (AvgIpc) is 2.12. The third kappa shape index (κ3) is 4.12. The summed E-state index contributed by atoms with van der Waals surface area (Å²) in [6.07, 6.45) is 5.59. The van der Waals surface area contributed by atoms with Crippen molar-refractivity contribution in [3.63, 3.8) is 0 Å². The van der Waals surface area contributed by atoms with Gasteiger partial charge in [0.2, 0.25) is 0 Å². The van der Waals surface area contributed by atoms with E-state index < -0.39 is 0 Å². The molecule has 0 spiro atoms. The molecule has 0 saturated heterocycles. The molecule has 0 aliphatic heterocycles. The molecule has 0 aromatic heterocycles. The molecule has 3 nitrogen and oxygen atoms in total. The quantitative estimate of drug-likeness (QED) is 0.679. The summed E-state index contributed by atoms with van der Waals surface area (Å²) in [5.41, 5.74) is -0.0773. The number of rotatable bonds is 7. The molecule has 1 N–H and O–H groups in total. The molecule has 1 saturated carbocycles. The van der Waals surface area contributed by atoms with E-state index in [0.717, 1.165) is 18.9 Å². The Kier molecular flexibility index (Phi) is 5.26. The first-order chi connectivity index (χ1) is 7.59. The molecule has 0 heterocycles. The predicted octanol–water partition coefficient (Wildman–Crippen LogP) is 2.50. The van der Waals surface area contributed by atoms with E-state index in [0.29, 0.717) is 13.0 Å². The molecule has 0 radical (unpaired) electrons. The van der Waals surface area contributed by atoms with Gasteiger partial charge in [-0.15, -0.1) is 0 Å². The van der Waals surface area contributed by atoms with Crippen LogP contribution in [0.15, 0.2) is 0 Å². The zero-order chi connectivity index (χ0) is 12.0. The number of carbonyl (C=O) groups is 1. The van der Waals surface area contributed by atoms with Gasteiger partial charge >= 0.3 is 5.97 Å². The van der Waals surface area contributed by atoms with Crippen molar-refractivity contribution in [1.82, 2.24) is 5.32 Å². The van der Waals surface area contributed by atoms with Gasteiger partial charge in [-0.3, -0.25) is 4.79 Å². The van der Waals surface area contributed by atoms with Gasteiger partial charge in [0.1, 0.15) is 0 Å². The molecule has 3 heteroatoms. The van der Waals surface area contributed by atoms with Gasteiger partial charge in [0.15, 0.2) is 0 Å².